The Morgan fingerprint density at radius 3 is 2.69 bits per heavy atom. The summed E-state index contributed by atoms with van der Waals surface area (Å²) >= 11 is 0. The van der Waals surface area contributed by atoms with Crippen LogP contribution in [0.4, 0.5) is 5.82 Å². The van der Waals surface area contributed by atoms with Crippen molar-refractivity contribution in [2.75, 3.05) is 25.1 Å². The van der Waals surface area contributed by atoms with Crippen LogP contribution in [-0.4, -0.2) is 41.1 Å². The second kappa shape index (κ2) is 6.23. The number of ether oxygens (including phenoxy) is 1. The van der Waals surface area contributed by atoms with Crippen molar-refractivity contribution in [3.63, 3.8) is 0 Å². The van der Waals surface area contributed by atoms with Crippen molar-refractivity contribution in [3.8, 4) is 0 Å². The van der Waals surface area contributed by atoms with Crippen molar-refractivity contribution >= 4 is 11.8 Å². The molecule has 0 aromatic carbocycles. The molecule has 0 unspecified atom stereocenters. The number of carbonyl (C=O) groups excluding carboxylic acids is 1. The molecule has 0 bridgehead atoms. The van der Waals surface area contributed by atoms with Gasteiger partial charge >= 0.3 is 5.97 Å². The number of methoxy groups -OCH3 is 1. The Morgan fingerprint density at radius 1 is 1.27 bits per heavy atom. The lowest BCUT2D eigenvalue weighted by Gasteiger charge is -2.40. The third kappa shape index (κ3) is 2.67. The topological polar surface area (TPSA) is 88.2 Å². The predicted octanol–water partition coefficient (Wildman–Crippen LogP) is 1.74. The lowest BCUT2D eigenvalue weighted by Crippen LogP contribution is -2.42. The number of piperidine rings is 1. The van der Waals surface area contributed by atoms with Gasteiger partial charge in [0.05, 0.1) is 18.4 Å². The minimum Gasteiger partial charge on any atom is -0.465 e. The summed E-state index contributed by atoms with van der Waals surface area (Å²) in [6, 6.07) is 3.60. The van der Waals surface area contributed by atoms with Gasteiger partial charge in [0.2, 0.25) is 0 Å². The summed E-state index contributed by atoms with van der Waals surface area (Å²) in [5.74, 6) is 1.18. The molecule has 1 N–H and O–H groups in total. The van der Waals surface area contributed by atoms with E-state index in [9.17, 15) is 9.59 Å². The Bertz CT molecular complexity index is 896. The summed E-state index contributed by atoms with van der Waals surface area (Å²) in [5.41, 5.74) is 2.36. The van der Waals surface area contributed by atoms with Gasteiger partial charge in [0.15, 0.2) is 0 Å². The molecule has 7 heteroatoms. The van der Waals surface area contributed by atoms with Crippen LogP contribution in [0.25, 0.3) is 0 Å². The van der Waals surface area contributed by atoms with Crippen molar-refractivity contribution < 1.29 is 9.53 Å². The highest BCUT2D eigenvalue weighted by Gasteiger charge is 2.44. The van der Waals surface area contributed by atoms with Crippen LogP contribution in [0, 0.1) is 6.92 Å². The van der Waals surface area contributed by atoms with Gasteiger partial charge in [0.25, 0.3) is 5.56 Å². The number of rotatable bonds is 2. The highest BCUT2D eigenvalue weighted by Crippen LogP contribution is 2.44. The lowest BCUT2D eigenvalue weighted by atomic mass is 9.76. The van der Waals surface area contributed by atoms with Gasteiger partial charge in [-0.15, -0.1) is 0 Å². The van der Waals surface area contributed by atoms with E-state index < -0.39 is 0 Å². The van der Waals surface area contributed by atoms with Crippen LogP contribution in [0.2, 0.25) is 0 Å². The molecule has 2 aliphatic rings. The molecule has 1 saturated heterocycles. The number of pyridine rings is 1. The summed E-state index contributed by atoms with van der Waals surface area (Å²) in [6.45, 7) is 3.56. The van der Waals surface area contributed by atoms with Crippen LogP contribution in [0.3, 0.4) is 0 Å². The van der Waals surface area contributed by atoms with Crippen molar-refractivity contribution in [3.05, 3.63) is 51.3 Å². The first-order valence-electron chi connectivity index (χ1n) is 8.92. The number of nitrogens with one attached hydrogen (secondary N) is 1. The van der Waals surface area contributed by atoms with Gasteiger partial charge < -0.3 is 14.6 Å². The quantitative estimate of drug-likeness (QED) is 0.827. The summed E-state index contributed by atoms with van der Waals surface area (Å²) < 4.78 is 4.71. The molecular formula is C19H22N4O3. The number of fused-ring (bicyclic) bond motifs is 2. The largest absolute Gasteiger partial charge is 0.465 e. The van der Waals surface area contributed by atoms with E-state index in [2.05, 4.69) is 19.9 Å². The molecule has 1 aliphatic carbocycles. The minimum atomic E-state index is -0.379. The van der Waals surface area contributed by atoms with Gasteiger partial charge in [-0.05, 0) is 44.7 Å². The molecule has 26 heavy (non-hydrogen) atoms. The highest BCUT2D eigenvalue weighted by molar-refractivity contribution is 5.89. The molecule has 1 spiro atoms. The van der Waals surface area contributed by atoms with E-state index in [1.807, 2.05) is 13.0 Å². The maximum absolute atomic E-state index is 12.2. The Kier molecular flexibility index (Phi) is 4.01. The average Bonchev–Trinajstić information content (AvgIpc) is 3.00. The van der Waals surface area contributed by atoms with Crippen LogP contribution in [0.15, 0.2) is 23.1 Å². The molecule has 2 aromatic heterocycles. The second-order valence-corrected chi connectivity index (χ2v) is 7.14. The van der Waals surface area contributed by atoms with Crippen LogP contribution >= 0.6 is 0 Å². The Morgan fingerprint density at radius 2 is 2.04 bits per heavy atom. The number of hydrogen-bond acceptors (Lipinski definition) is 6. The number of carbonyl (C=O) groups is 1. The van der Waals surface area contributed by atoms with E-state index in [0.717, 1.165) is 55.8 Å². The van der Waals surface area contributed by atoms with Crippen molar-refractivity contribution in [2.24, 2.45) is 0 Å². The summed E-state index contributed by atoms with van der Waals surface area (Å²) in [4.78, 5) is 37.9. The molecule has 1 aliphatic heterocycles. The number of aryl methyl sites for hydroxylation is 1. The smallest absolute Gasteiger partial charge is 0.339 e. The Hall–Kier alpha value is -2.70. The minimum absolute atomic E-state index is 0.0107. The van der Waals surface area contributed by atoms with E-state index in [1.165, 1.54) is 7.11 Å². The Labute approximate surface area is 151 Å². The van der Waals surface area contributed by atoms with Crippen LogP contribution in [-0.2, 0) is 16.6 Å². The number of anilines is 1. The van der Waals surface area contributed by atoms with Gasteiger partial charge in [-0.2, -0.15) is 0 Å². The molecule has 3 heterocycles. The molecule has 136 valence electrons. The monoisotopic (exact) mass is 354 g/mol. The first-order chi connectivity index (χ1) is 12.5. The second-order valence-electron chi connectivity index (χ2n) is 7.14. The SMILES string of the molecule is COC(=O)c1ccc(N2CCC3(CCc4c3nc(C)[nH]c4=O)CC2)nc1. The standard InChI is InChI=1S/C19H22N4O3/c1-12-21-16-14(17(24)22-12)5-6-19(16)7-9-23(10-8-19)15-4-3-13(11-20-15)18(25)26-2/h3-4,11H,5-10H2,1-2H3,(H,21,22,24). The van der Waals surface area contributed by atoms with E-state index in [-0.39, 0.29) is 16.9 Å². The van der Waals surface area contributed by atoms with Crippen LogP contribution < -0.4 is 10.5 Å². The maximum atomic E-state index is 12.2. The zero-order valence-corrected chi connectivity index (χ0v) is 15.0. The maximum Gasteiger partial charge on any atom is 0.339 e. The summed E-state index contributed by atoms with van der Waals surface area (Å²) in [7, 11) is 1.36. The number of aromatic amines is 1. The molecule has 0 atom stereocenters. The van der Waals surface area contributed by atoms with Gasteiger partial charge in [0.1, 0.15) is 11.6 Å². The van der Waals surface area contributed by atoms with Gasteiger partial charge in [-0.25, -0.2) is 14.8 Å². The van der Waals surface area contributed by atoms with Crippen molar-refractivity contribution in [1.29, 1.82) is 0 Å². The first kappa shape index (κ1) is 16.8. The predicted molar refractivity (Wildman–Crippen MR) is 96.6 cm³/mol. The zero-order chi connectivity index (χ0) is 18.3. The first-order valence-corrected chi connectivity index (χ1v) is 8.92. The molecule has 0 saturated carbocycles. The van der Waals surface area contributed by atoms with Gasteiger partial charge in [0, 0.05) is 30.3 Å². The van der Waals surface area contributed by atoms with E-state index in [1.54, 1.807) is 12.3 Å². The average molecular weight is 354 g/mol. The lowest BCUT2D eigenvalue weighted by molar-refractivity contribution is 0.0600. The Balaban J connectivity index is 1.52. The third-order valence-electron chi connectivity index (χ3n) is 5.70. The number of aromatic nitrogens is 3. The van der Waals surface area contributed by atoms with Crippen LogP contribution in [0.1, 0.15) is 46.7 Å². The summed E-state index contributed by atoms with van der Waals surface area (Å²) in [5, 5.41) is 0. The van der Waals surface area contributed by atoms with Crippen molar-refractivity contribution in [1.82, 2.24) is 15.0 Å². The number of hydrogen-bond donors (Lipinski definition) is 1. The molecular weight excluding hydrogens is 332 g/mol. The number of esters is 1. The van der Waals surface area contributed by atoms with E-state index in [4.69, 9.17) is 4.74 Å². The van der Waals surface area contributed by atoms with Crippen molar-refractivity contribution in [2.45, 2.75) is 38.0 Å². The molecule has 4 rings (SSSR count). The molecule has 0 amide bonds. The molecule has 0 radical (unpaired) electrons. The van der Waals surface area contributed by atoms with Gasteiger partial charge in [-0.3, -0.25) is 4.79 Å². The fourth-order valence-electron chi connectivity index (χ4n) is 4.23. The van der Waals surface area contributed by atoms with E-state index in [0.29, 0.717) is 11.4 Å². The molecule has 1 fully saturated rings. The molecule has 7 nitrogen and oxygen atoms in total. The normalized spacial score (nSPS) is 18.0. The molecule has 2 aromatic rings. The van der Waals surface area contributed by atoms with E-state index >= 15 is 0 Å². The summed E-state index contributed by atoms with van der Waals surface area (Å²) in [6.07, 6.45) is 5.27. The fourth-order valence-corrected chi connectivity index (χ4v) is 4.23. The highest BCUT2D eigenvalue weighted by atomic mass is 16.5. The zero-order valence-electron chi connectivity index (χ0n) is 15.0. The van der Waals surface area contributed by atoms with Gasteiger partial charge in [-0.1, -0.05) is 0 Å². The van der Waals surface area contributed by atoms with Crippen LogP contribution in [0.5, 0.6) is 0 Å². The third-order valence-corrected chi connectivity index (χ3v) is 5.70. The fraction of sp³-hybridized carbons (Fsp3) is 0.474. The number of H-pyrrole nitrogens is 1. The number of nitrogens with zero attached hydrogens (tertiary/aromatic N) is 3.